The molecule has 0 aliphatic carbocycles. The Morgan fingerprint density at radius 1 is 1.03 bits per heavy atom. The van der Waals surface area contributed by atoms with Crippen LogP contribution in [-0.4, -0.2) is 23.0 Å². The lowest BCUT2D eigenvalue weighted by Gasteiger charge is -2.14. The summed E-state index contributed by atoms with van der Waals surface area (Å²) in [5, 5.41) is 5.85. The maximum absolute atomic E-state index is 12.5. The van der Waals surface area contributed by atoms with E-state index in [1.165, 1.54) is 0 Å². The number of hydrogen-bond acceptors (Lipinski definition) is 5. The first-order valence-electron chi connectivity index (χ1n) is 9.93. The van der Waals surface area contributed by atoms with Crippen LogP contribution in [0.25, 0.3) is 21.0 Å². The number of hydrogen-bond donors (Lipinski definition) is 1. The standard InChI is InChI=1S/C24H22N2O3S/c1-16(24(28)26-19-12-6-9-17-8-2-3-10-18(17)19)29-23(27)15-7-14-22-25-20-11-4-5-13-21(20)30-22/h2-6,8-13,16H,7,14-15H2,1H3,(H,26,28)/t16-/m0/s1. The highest BCUT2D eigenvalue weighted by Crippen LogP contribution is 2.24. The maximum Gasteiger partial charge on any atom is 0.306 e. The van der Waals surface area contributed by atoms with Crippen LogP contribution < -0.4 is 5.32 Å². The van der Waals surface area contributed by atoms with Crippen LogP contribution >= 0.6 is 11.3 Å². The number of rotatable bonds is 7. The van der Waals surface area contributed by atoms with E-state index >= 15 is 0 Å². The molecule has 6 heteroatoms. The van der Waals surface area contributed by atoms with Crippen molar-refractivity contribution < 1.29 is 14.3 Å². The maximum atomic E-state index is 12.5. The number of aryl methyl sites for hydroxylation is 1. The first-order chi connectivity index (χ1) is 14.6. The van der Waals surface area contributed by atoms with Crippen LogP contribution in [-0.2, 0) is 20.7 Å². The molecule has 0 saturated heterocycles. The van der Waals surface area contributed by atoms with Gasteiger partial charge in [0.05, 0.1) is 15.2 Å². The number of para-hydroxylation sites is 1. The molecular formula is C24H22N2O3S. The minimum atomic E-state index is -0.862. The molecule has 0 aliphatic heterocycles. The van der Waals surface area contributed by atoms with Gasteiger partial charge < -0.3 is 10.1 Å². The van der Waals surface area contributed by atoms with Gasteiger partial charge in [0.2, 0.25) is 0 Å². The van der Waals surface area contributed by atoms with E-state index in [1.807, 2.05) is 66.7 Å². The Morgan fingerprint density at radius 2 is 1.80 bits per heavy atom. The summed E-state index contributed by atoms with van der Waals surface area (Å²) in [6.45, 7) is 1.59. The van der Waals surface area contributed by atoms with Crippen molar-refractivity contribution in [1.29, 1.82) is 0 Å². The van der Waals surface area contributed by atoms with Crippen molar-refractivity contribution in [1.82, 2.24) is 4.98 Å². The normalized spacial score (nSPS) is 12.0. The number of thiazole rings is 1. The molecule has 1 heterocycles. The summed E-state index contributed by atoms with van der Waals surface area (Å²) in [5.74, 6) is -0.720. The first kappa shape index (κ1) is 20.0. The van der Waals surface area contributed by atoms with Gasteiger partial charge in [-0.25, -0.2) is 4.98 Å². The van der Waals surface area contributed by atoms with E-state index in [1.54, 1.807) is 18.3 Å². The van der Waals surface area contributed by atoms with Crippen LogP contribution in [0.5, 0.6) is 0 Å². The Balaban J connectivity index is 1.28. The van der Waals surface area contributed by atoms with E-state index in [0.29, 0.717) is 18.5 Å². The molecular weight excluding hydrogens is 396 g/mol. The highest BCUT2D eigenvalue weighted by Gasteiger charge is 2.18. The van der Waals surface area contributed by atoms with Crippen molar-refractivity contribution in [2.75, 3.05) is 5.32 Å². The van der Waals surface area contributed by atoms with E-state index in [9.17, 15) is 9.59 Å². The molecule has 0 bridgehead atoms. The summed E-state index contributed by atoms with van der Waals surface area (Å²) in [6.07, 6.45) is 0.738. The second-order valence-electron chi connectivity index (χ2n) is 7.08. The number of ether oxygens (including phenoxy) is 1. The van der Waals surface area contributed by atoms with E-state index < -0.39 is 6.10 Å². The summed E-state index contributed by atoms with van der Waals surface area (Å²) in [7, 11) is 0. The zero-order valence-corrected chi connectivity index (χ0v) is 17.4. The molecule has 4 aromatic rings. The first-order valence-corrected chi connectivity index (χ1v) is 10.7. The van der Waals surface area contributed by atoms with Crippen molar-refractivity contribution in [3.8, 4) is 0 Å². The van der Waals surface area contributed by atoms with Crippen LogP contribution in [0.15, 0.2) is 66.7 Å². The van der Waals surface area contributed by atoms with Crippen molar-refractivity contribution in [3.05, 3.63) is 71.7 Å². The Morgan fingerprint density at radius 3 is 2.67 bits per heavy atom. The monoisotopic (exact) mass is 418 g/mol. The number of aromatic nitrogens is 1. The number of benzene rings is 3. The molecule has 0 radical (unpaired) electrons. The molecule has 0 aliphatic rings. The molecule has 0 spiro atoms. The van der Waals surface area contributed by atoms with E-state index in [2.05, 4.69) is 10.3 Å². The molecule has 5 nitrogen and oxygen atoms in total. The number of carbonyl (C=O) groups excluding carboxylic acids is 2. The predicted octanol–water partition coefficient (Wildman–Crippen LogP) is 5.34. The Hall–Kier alpha value is -3.25. The average Bonchev–Trinajstić information content (AvgIpc) is 3.16. The van der Waals surface area contributed by atoms with Crippen molar-refractivity contribution in [2.24, 2.45) is 0 Å². The minimum Gasteiger partial charge on any atom is -0.453 e. The quantitative estimate of drug-likeness (QED) is 0.411. The van der Waals surface area contributed by atoms with Crippen molar-refractivity contribution in [2.45, 2.75) is 32.3 Å². The second kappa shape index (κ2) is 9.05. The van der Waals surface area contributed by atoms with Gasteiger partial charge in [0.1, 0.15) is 0 Å². The van der Waals surface area contributed by atoms with Crippen LogP contribution in [0.1, 0.15) is 24.8 Å². The SMILES string of the molecule is C[C@H](OC(=O)CCCc1nc2ccccc2s1)C(=O)Nc1cccc2ccccc12. The summed E-state index contributed by atoms with van der Waals surface area (Å²) in [4.78, 5) is 29.2. The Labute approximate surface area is 178 Å². The second-order valence-corrected chi connectivity index (χ2v) is 8.19. The predicted molar refractivity (Wildman–Crippen MR) is 121 cm³/mol. The number of nitrogens with zero attached hydrogens (tertiary/aromatic N) is 1. The molecule has 1 atom stereocenters. The highest BCUT2D eigenvalue weighted by molar-refractivity contribution is 7.18. The molecule has 1 N–H and O–H groups in total. The lowest BCUT2D eigenvalue weighted by molar-refractivity contribution is -0.153. The molecule has 0 saturated carbocycles. The molecule has 152 valence electrons. The van der Waals surface area contributed by atoms with E-state index in [4.69, 9.17) is 4.74 Å². The fourth-order valence-corrected chi connectivity index (χ4v) is 4.30. The number of carbonyl (C=O) groups is 2. The number of nitrogens with one attached hydrogen (secondary N) is 1. The average molecular weight is 419 g/mol. The topological polar surface area (TPSA) is 68.3 Å². The molecule has 4 rings (SSSR count). The van der Waals surface area contributed by atoms with Crippen LogP contribution in [0.2, 0.25) is 0 Å². The Bertz CT molecular complexity index is 1160. The summed E-state index contributed by atoms with van der Waals surface area (Å²) in [5.41, 5.74) is 1.69. The fraction of sp³-hybridized carbons (Fsp3) is 0.208. The minimum absolute atomic E-state index is 0.252. The van der Waals surface area contributed by atoms with Gasteiger partial charge in [0.25, 0.3) is 5.91 Å². The van der Waals surface area contributed by atoms with E-state index in [-0.39, 0.29) is 18.3 Å². The summed E-state index contributed by atoms with van der Waals surface area (Å²) >= 11 is 1.64. The van der Waals surface area contributed by atoms with Gasteiger partial charge >= 0.3 is 5.97 Å². The van der Waals surface area contributed by atoms with Crippen LogP contribution in [0.3, 0.4) is 0 Å². The van der Waals surface area contributed by atoms with Crippen LogP contribution in [0.4, 0.5) is 5.69 Å². The number of esters is 1. The van der Waals surface area contributed by atoms with Gasteiger partial charge in [0, 0.05) is 17.5 Å². The largest absolute Gasteiger partial charge is 0.453 e. The van der Waals surface area contributed by atoms with Crippen LogP contribution in [0, 0.1) is 0 Å². The van der Waals surface area contributed by atoms with Gasteiger partial charge in [-0.2, -0.15) is 0 Å². The van der Waals surface area contributed by atoms with Crippen molar-refractivity contribution in [3.63, 3.8) is 0 Å². The van der Waals surface area contributed by atoms with Gasteiger partial charge in [-0.05, 0) is 43.4 Å². The smallest absolute Gasteiger partial charge is 0.306 e. The summed E-state index contributed by atoms with van der Waals surface area (Å²) < 4.78 is 6.47. The van der Waals surface area contributed by atoms with Gasteiger partial charge in [-0.15, -0.1) is 11.3 Å². The molecule has 1 aromatic heterocycles. The zero-order valence-electron chi connectivity index (χ0n) is 16.6. The Kier molecular flexibility index (Phi) is 6.05. The van der Waals surface area contributed by atoms with Gasteiger partial charge in [-0.1, -0.05) is 48.5 Å². The van der Waals surface area contributed by atoms with Gasteiger partial charge in [-0.3, -0.25) is 9.59 Å². The fourth-order valence-electron chi connectivity index (χ4n) is 3.29. The number of amides is 1. The third-order valence-electron chi connectivity index (χ3n) is 4.83. The van der Waals surface area contributed by atoms with E-state index in [0.717, 1.165) is 26.0 Å². The lowest BCUT2D eigenvalue weighted by Crippen LogP contribution is -2.30. The third-order valence-corrected chi connectivity index (χ3v) is 5.93. The number of anilines is 1. The molecule has 0 fully saturated rings. The van der Waals surface area contributed by atoms with Crippen molar-refractivity contribution >= 4 is 49.9 Å². The lowest BCUT2D eigenvalue weighted by atomic mass is 10.1. The number of fused-ring (bicyclic) bond motifs is 2. The molecule has 0 unspecified atom stereocenters. The zero-order chi connectivity index (χ0) is 20.9. The summed E-state index contributed by atoms with van der Waals surface area (Å²) in [6, 6.07) is 21.5. The van der Waals surface area contributed by atoms with Gasteiger partial charge in [0.15, 0.2) is 6.10 Å². The molecule has 1 amide bonds. The highest BCUT2D eigenvalue weighted by atomic mass is 32.1. The molecule has 30 heavy (non-hydrogen) atoms. The third kappa shape index (κ3) is 4.66. The molecule has 3 aromatic carbocycles.